The number of aryl methyl sites for hydroxylation is 1. The summed E-state index contributed by atoms with van der Waals surface area (Å²) >= 11 is 0. The van der Waals surface area contributed by atoms with E-state index >= 15 is 0 Å². The molecule has 0 spiro atoms. The first-order valence-corrected chi connectivity index (χ1v) is 10.2. The first-order chi connectivity index (χ1) is 15.4. The number of hydrogen-bond acceptors (Lipinski definition) is 3. The highest BCUT2D eigenvalue weighted by molar-refractivity contribution is 5.81. The molecule has 32 heavy (non-hydrogen) atoms. The van der Waals surface area contributed by atoms with Crippen LogP contribution in [0, 0.1) is 11.6 Å². The lowest BCUT2D eigenvalue weighted by Gasteiger charge is -2.17. The van der Waals surface area contributed by atoms with Crippen molar-refractivity contribution in [1.29, 1.82) is 0 Å². The molecule has 3 aromatic rings. The number of hydrogen-bond donors (Lipinski definition) is 2. The maximum Gasteiger partial charge on any atom is 0.407 e. The van der Waals surface area contributed by atoms with Crippen molar-refractivity contribution in [2.75, 3.05) is 6.61 Å². The fourth-order valence-corrected chi connectivity index (χ4v) is 4.11. The minimum atomic E-state index is -1.25. The average Bonchev–Trinajstić information content (AvgIpc) is 3.08. The zero-order valence-corrected chi connectivity index (χ0v) is 17.1. The largest absolute Gasteiger partial charge is 0.480 e. The highest BCUT2D eigenvalue weighted by Crippen LogP contribution is 2.44. The van der Waals surface area contributed by atoms with E-state index in [-0.39, 0.29) is 25.4 Å². The van der Waals surface area contributed by atoms with Crippen LogP contribution in [0.4, 0.5) is 13.6 Å². The minimum absolute atomic E-state index is 0.0393. The SMILES string of the molecule is O=C(N[C@@H](CCc1cc(F)cc(F)c1)C(=O)O)OCC1c2ccccc2-c2ccccc21. The third kappa shape index (κ3) is 4.61. The van der Waals surface area contributed by atoms with Crippen molar-refractivity contribution in [1.82, 2.24) is 5.32 Å². The molecule has 4 rings (SSSR count). The maximum absolute atomic E-state index is 13.3. The number of carbonyl (C=O) groups is 2. The van der Waals surface area contributed by atoms with Crippen molar-refractivity contribution < 1.29 is 28.2 Å². The number of fused-ring (bicyclic) bond motifs is 3. The Morgan fingerprint density at radius 1 is 0.938 bits per heavy atom. The van der Waals surface area contributed by atoms with Gasteiger partial charge in [0.15, 0.2) is 0 Å². The van der Waals surface area contributed by atoms with Crippen molar-refractivity contribution in [2.24, 2.45) is 0 Å². The number of rotatable bonds is 7. The first-order valence-electron chi connectivity index (χ1n) is 10.2. The number of amides is 1. The Morgan fingerprint density at radius 2 is 1.50 bits per heavy atom. The van der Waals surface area contributed by atoms with Crippen molar-refractivity contribution in [3.8, 4) is 11.1 Å². The maximum atomic E-state index is 13.3. The summed E-state index contributed by atoms with van der Waals surface area (Å²) in [6.45, 7) is 0.0569. The fraction of sp³-hybridized carbons (Fsp3) is 0.200. The monoisotopic (exact) mass is 437 g/mol. The van der Waals surface area contributed by atoms with Crippen LogP contribution in [0.3, 0.4) is 0 Å². The van der Waals surface area contributed by atoms with Crippen LogP contribution in [-0.4, -0.2) is 29.8 Å². The molecule has 7 heteroatoms. The first kappa shape index (κ1) is 21.5. The molecule has 3 aromatic carbocycles. The van der Waals surface area contributed by atoms with Crippen LogP contribution in [-0.2, 0) is 16.0 Å². The van der Waals surface area contributed by atoms with E-state index in [4.69, 9.17) is 4.74 Å². The molecule has 1 atom stereocenters. The molecule has 0 aromatic heterocycles. The molecule has 2 N–H and O–H groups in total. The predicted octanol–water partition coefficient (Wildman–Crippen LogP) is 4.89. The van der Waals surface area contributed by atoms with Crippen molar-refractivity contribution >= 4 is 12.1 Å². The van der Waals surface area contributed by atoms with E-state index in [0.29, 0.717) is 5.56 Å². The standard InChI is InChI=1S/C25H21F2NO4/c26-16-11-15(12-17(27)13-16)9-10-23(24(29)30)28-25(31)32-14-22-20-7-3-1-5-18(20)19-6-2-4-8-21(19)22/h1-8,11-13,22-23H,9-10,14H2,(H,28,31)(H,29,30)/t23-/m0/s1. The van der Waals surface area contributed by atoms with Gasteiger partial charge in [-0.25, -0.2) is 18.4 Å². The predicted molar refractivity (Wildman–Crippen MR) is 114 cm³/mol. The quantitative estimate of drug-likeness (QED) is 0.552. The van der Waals surface area contributed by atoms with Gasteiger partial charge in [0, 0.05) is 12.0 Å². The smallest absolute Gasteiger partial charge is 0.407 e. The lowest BCUT2D eigenvalue weighted by atomic mass is 9.98. The van der Waals surface area contributed by atoms with Gasteiger partial charge in [0.25, 0.3) is 0 Å². The Bertz CT molecular complexity index is 1100. The zero-order chi connectivity index (χ0) is 22.7. The van der Waals surface area contributed by atoms with E-state index in [9.17, 15) is 23.5 Å². The van der Waals surface area contributed by atoms with Gasteiger partial charge in [-0.2, -0.15) is 0 Å². The average molecular weight is 437 g/mol. The van der Waals surface area contributed by atoms with E-state index in [2.05, 4.69) is 5.32 Å². The highest BCUT2D eigenvalue weighted by atomic mass is 19.1. The Balaban J connectivity index is 1.38. The number of carbonyl (C=O) groups excluding carboxylic acids is 1. The van der Waals surface area contributed by atoms with Crippen LogP contribution in [0.15, 0.2) is 66.7 Å². The molecular weight excluding hydrogens is 416 g/mol. The third-order valence-corrected chi connectivity index (χ3v) is 5.58. The van der Waals surface area contributed by atoms with Crippen LogP contribution >= 0.6 is 0 Å². The second-order valence-electron chi connectivity index (χ2n) is 7.68. The molecular formula is C25H21F2NO4. The van der Waals surface area contributed by atoms with E-state index in [1.807, 2.05) is 48.5 Å². The van der Waals surface area contributed by atoms with Crippen molar-refractivity contribution in [2.45, 2.75) is 24.8 Å². The molecule has 0 saturated heterocycles. The summed E-state index contributed by atoms with van der Waals surface area (Å²) in [4.78, 5) is 23.9. The number of benzene rings is 3. The summed E-state index contributed by atoms with van der Waals surface area (Å²) in [5.41, 5.74) is 4.57. The van der Waals surface area contributed by atoms with Crippen LogP contribution in [0.5, 0.6) is 0 Å². The Hall–Kier alpha value is -3.74. The van der Waals surface area contributed by atoms with Crippen LogP contribution in [0.1, 0.15) is 29.0 Å². The number of carboxylic acid groups (broad SMARTS) is 1. The second kappa shape index (κ2) is 9.18. The van der Waals surface area contributed by atoms with Crippen LogP contribution in [0.2, 0.25) is 0 Å². The molecule has 1 aliphatic rings. The van der Waals surface area contributed by atoms with Gasteiger partial charge in [-0.15, -0.1) is 0 Å². The molecule has 0 unspecified atom stereocenters. The summed E-state index contributed by atoms with van der Waals surface area (Å²) in [6, 6.07) is 17.5. The van der Waals surface area contributed by atoms with E-state index in [0.717, 1.165) is 40.5 Å². The van der Waals surface area contributed by atoms with Gasteiger partial charge < -0.3 is 15.2 Å². The molecule has 1 amide bonds. The summed E-state index contributed by atoms with van der Waals surface area (Å²) in [6.07, 6.45) is -0.817. The molecule has 164 valence electrons. The van der Waals surface area contributed by atoms with Crippen molar-refractivity contribution in [3.63, 3.8) is 0 Å². The topological polar surface area (TPSA) is 75.6 Å². The van der Waals surface area contributed by atoms with Gasteiger partial charge in [-0.1, -0.05) is 48.5 Å². The Kier molecular flexibility index (Phi) is 6.16. The molecule has 5 nitrogen and oxygen atoms in total. The normalized spacial score (nSPS) is 13.2. The van der Waals surface area contributed by atoms with E-state index < -0.39 is 29.7 Å². The molecule has 0 saturated carbocycles. The van der Waals surface area contributed by atoms with Gasteiger partial charge >= 0.3 is 12.1 Å². The summed E-state index contributed by atoms with van der Waals surface area (Å²) in [7, 11) is 0. The zero-order valence-electron chi connectivity index (χ0n) is 17.1. The fourth-order valence-electron chi connectivity index (χ4n) is 4.11. The number of aliphatic carboxylic acids is 1. The number of halogens is 2. The van der Waals surface area contributed by atoms with Gasteiger partial charge in [0.1, 0.15) is 24.3 Å². The second-order valence-corrected chi connectivity index (χ2v) is 7.68. The lowest BCUT2D eigenvalue weighted by Crippen LogP contribution is -2.41. The van der Waals surface area contributed by atoms with Crippen LogP contribution in [0.25, 0.3) is 11.1 Å². The number of nitrogens with one attached hydrogen (secondary N) is 1. The summed E-state index contributed by atoms with van der Waals surface area (Å²) < 4.78 is 32.0. The van der Waals surface area contributed by atoms with Gasteiger partial charge in [-0.3, -0.25) is 0 Å². The highest BCUT2D eigenvalue weighted by Gasteiger charge is 2.29. The molecule has 0 fully saturated rings. The van der Waals surface area contributed by atoms with Gasteiger partial charge in [-0.05, 0) is 52.8 Å². The minimum Gasteiger partial charge on any atom is -0.480 e. The lowest BCUT2D eigenvalue weighted by molar-refractivity contribution is -0.139. The van der Waals surface area contributed by atoms with E-state index in [1.165, 1.54) is 0 Å². The molecule has 0 radical (unpaired) electrons. The van der Waals surface area contributed by atoms with Crippen LogP contribution < -0.4 is 5.32 Å². The molecule has 0 aliphatic heterocycles. The third-order valence-electron chi connectivity index (χ3n) is 5.58. The molecule has 0 heterocycles. The number of carboxylic acids is 1. The van der Waals surface area contributed by atoms with Gasteiger partial charge in [0.2, 0.25) is 0 Å². The van der Waals surface area contributed by atoms with E-state index in [1.54, 1.807) is 0 Å². The Morgan fingerprint density at radius 3 is 2.06 bits per heavy atom. The number of alkyl carbamates (subject to hydrolysis) is 1. The summed E-state index contributed by atoms with van der Waals surface area (Å²) in [5.74, 6) is -2.88. The Labute approximate surface area is 183 Å². The summed E-state index contributed by atoms with van der Waals surface area (Å²) in [5, 5.41) is 11.8. The van der Waals surface area contributed by atoms with Gasteiger partial charge in [0.05, 0.1) is 0 Å². The molecule has 0 bridgehead atoms. The van der Waals surface area contributed by atoms with Crippen molar-refractivity contribution in [3.05, 3.63) is 95.1 Å². The molecule has 1 aliphatic carbocycles. The number of ether oxygens (including phenoxy) is 1.